The van der Waals surface area contributed by atoms with Crippen LogP contribution in [0.5, 0.6) is 0 Å². The Morgan fingerprint density at radius 2 is 2.55 bits per heavy atom. The molecule has 0 aromatic rings. The van der Waals surface area contributed by atoms with Gasteiger partial charge in [0.05, 0.1) is 6.04 Å². The average molecular weight is 280 g/mol. The first-order valence-corrected chi connectivity index (χ1v) is 5.16. The highest BCUT2D eigenvalue weighted by Gasteiger charge is 2.33. The standard InChI is InChI=1S/C6H5IN2OS/c7-6-8-3-1-2-11-4(3)5(10)9-6/h1-4H,(H,8,9,10). The Balaban J connectivity index is 2.30. The fourth-order valence-corrected chi connectivity index (χ4v) is 2.56. The molecule has 0 aromatic carbocycles. The summed E-state index contributed by atoms with van der Waals surface area (Å²) in [6, 6.07) is 0.0700. The normalized spacial score (nSPS) is 34.6. The van der Waals surface area contributed by atoms with E-state index in [1.165, 1.54) is 11.8 Å². The fraction of sp³-hybridized carbons (Fsp3) is 0.333. The Morgan fingerprint density at radius 3 is 3.36 bits per heavy atom. The molecule has 0 spiro atoms. The van der Waals surface area contributed by atoms with Gasteiger partial charge in [0.1, 0.15) is 5.25 Å². The van der Waals surface area contributed by atoms with E-state index in [9.17, 15) is 4.79 Å². The van der Waals surface area contributed by atoms with Crippen LogP contribution >= 0.6 is 34.4 Å². The lowest BCUT2D eigenvalue weighted by Crippen LogP contribution is -2.43. The molecule has 0 radical (unpaired) electrons. The van der Waals surface area contributed by atoms with Gasteiger partial charge in [0.2, 0.25) is 5.91 Å². The molecule has 1 amide bonds. The molecule has 1 N–H and O–H groups in total. The van der Waals surface area contributed by atoms with Crippen molar-refractivity contribution in [3.8, 4) is 0 Å². The molecule has 0 bridgehead atoms. The zero-order valence-electron chi connectivity index (χ0n) is 5.45. The number of carbonyl (C=O) groups is 1. The van der Waals surface area contributed by atoms with Crippen molar-refractivity contribution >= 4 is 44.1 Å². The zero-order valence-corrected chi connectivity index (χ0v) is 8.43. The van der Waals surface area contributed by atoms with Crippen molar-refractivity contribution in [2.75, 3.05) is 0 Å². The maximum Gasteiger partial charge on any atom is 0.241 e. The Bertz CT molecular complexity index is 263. The Labute approximate surface area is 81.9 Å². The van der Waals surface area contributed by atoms with Crippen LogP contribution in [-0.2, 0) is 4.79 Å². The summed E-state index contributed by atoms with van der Waals surface area (Å²) < 4.78 is 0.695. The van der Waals surface area contributed by atoms with Crippen LogP contribution in [0.3, 0.4) is 0 Å². The maximum absolute atomic E-state index is 11.2. The minimum atomic E-state index is -0.0199. The molecule has 5 heteroatoms. The van der Waals surface area contributed by atoms with Crippen LogP contribution in [0, 0.1) is 0 Å². The third kappa shape index (κ3) is 1.31. The van der Waals surface area contributed by atoms with Gasteiger partial charge in [-0.2, -0.15) is 0 Å². The summed E-state index contributed by atoms with van der Waals surface area (Å²) in [6.45, 7) is 0. The van der Waals surface area contributed by atoms with E-state index in [1.54, 1.807) is 0 Å². The van der Waals surface area contributed by atoms with E-state index in [0.29, 0.717) is 3.84 Å². The topological polar surface area (TPSA) is 41.5 Å². The molecule has 0 saturated carbocycles. The number of thioether (sulfide) groups is 1. The van der Waals surface area contributed by atoms with Crippen molar-refractivity contribution in [1.29, 1.82) is 0 Å². The van der Waals surface area contributed by atoms with E-state index in [1.807, 2.05) is 34.1 Å². The van der Waals surface area contributed by atoms with Gasteiger partial charge in [-0.3, -0.25) is 9.79 Å². The van der Waals surface area contributed by atoms with E-state index in [-0.39, 0.29) is 17.2 Å². The smallest absolute Gasteiger partial charge is 0.241 e. The van der Waals surface area contributed by atoms with Crippen molar-refractivity contribution in [1.82, 2.24) is 5.32 Å². The van der Waals surface area contributed by atoms with Gasteiger partial charge < -0.3 is 5.32 Å². The van der Waals surface area contributed by atoms with Crippen LogP contribution in [0.1, 0.15) is 0 Å². The monoisotopic (exact) mass is 280 g/mol. The highest BCUT2D eigenvalue weighted by Crippen LogP contribution is 2.29. The first-order valence-electron chi connectivity index (χ1n) is 3.13. The number of fused-ring (bicyclic) bond motifs is 1. The van der Waals surface area contributed by atoms with Gasteiger partial charge in [-0.05, 0) is 28.0 Å². The number of amides is 1. The van der Waals surface area contributed by atoms with Gasteiger partial charge in [-0.15, -0.1) is 11.8 Å². The molecule has 2 aliphatic heterocycles. The third-order valence-corrected chi connectivity index (χ3v) is 3.21. The van der Waals surface area contributed by atoms with Crippen molar-refractivity contribution in [2.24, 2.45) is 4.99 Å². The lowest BCUT2D eigenvalue weighted by Gasteiger charge is -2.19. The molecule has 2 rings (SSSR count). The Hall–Kier alpha value is -0.0400. The van der Waals surface area contributed by atoms with E-state index in [4.69, 9.17) is 0 Å². The number of hydrogen-bond donors (Lipinski definition) is 1. The van der Waals surface area contributed by atoms with Crippen LogP contribution in [0.15, 0.2) is 16.5 Å². The largest absolute Gasteiger partial charge is 0.305 e. The second-order valence-corrected chi connectivity index (χ2v) is 4.36. The van der Waals surface area contributed by atoms with Crippen LogP contribution in [0.2, 0.25) is 0 Å². The van der Waals surface area contributed by atoms with E-state index < -0.39 is 0 Å². The molecule has 2 heterocycles. The molecule has 58 valence electrons. The highest BCUT2D eigenvalue weighted by atomic mass is 127. The molecule has 0 fully saturated rings. The minimum Gasteiger partial charge on any atom is -0.305 e. The molecule has 0 aromatic heterocycles. The predicted octanol–water partition coefficient (Wildman–Crippen LogP) is 0.905. The lowest BCUT2D eigenvalue weighted by atomic mass is 10.2. The third-order valence-electron chi connectivity index (χ3n) is 1.56. The summed E-state index contributed by atoms with van der Waals surface area (Å²) in [4.78, 5) is 15.5. The predicted molar refractivity (Wildman–Crippen MR) is 53.9 cm³/mol. The molecule has 2 aliphatic rings. The van der Waals surface area contributed by atoms with Gasteiger partial charge in [0.25, 0.3) is 0 Å². The molecule has 0 saturated heterocycles. The van der Waals surface area contributed by atoms with Crippen molar-refractivity contribution in [3.05, 3.63) is 11.5 Å². The number of nitrogens with zero attached hydrogens (tertiary/aromatic N) is 1. The molecular weight excluding hydrogens is 275 g/mol. The van der Waals surface area contributed by atoms with Crippen molar-refractivity contribution in [2.45, 2.75) is 11.3 Å². The SMILES string of the molecule is O=C1NC(I)=NC2C=CSC12. The quantitative estimate of drug-likeness (QED) is 0.529. The lowest BCUT2D eigenvalue weighted by molar-refractivity contribution is -0.119. The maximum atomic E-state index is 11.2. The molecule has 2 unspecified atom stereocenters. The van der Waals surface area contributed by atoms with Crippen molar-refractivity contribution < 1.29 is 4.79 Å². The summed E-state index contributed by atoms with van der Waals surface area (Å²) in [5.74, 6) is 0.0735. The zero-order chi connectivity index (χ0) is 7.84. The Morgan fingerprint density at radius 1 is 1.73 bits per heavy atom. The van der Waals surface area contributed by atoms with Gasteiger partial charge >= 0.3 is 0 Å². The first kappa shape index (κ1) is 7.60. The van der Waals surface area contributed by atoms with Crippen LogP contribution in [-0.4, -0.2) is 21.0 Å². The number of hydrogen-bond acceptors (Lipinski definition) is 3. The van der Waals surface area contributed by atoms with Crippen LogP contribution in [0.25, 0.3) is 0 Å². The average Bonchev–Trinajstić information content (AvgIpc) is 2.34. The van der Waals surface area contributed by atoms with Gasteiger partial charge in [0.15, 0.2) is 3.84 Å². The molecule has 3 nitrogen and oxygen atoms in total. The first-order chi connectivity index (χ1) is 5.27. The summed E-state index contributed by atoms with van der Waals surface area (Å²) in [7, 11) is 0. The fourth-order valence-electron chi connectivity index (χ4n) is 1.06. The van der Waals surface area contributed by atoms with E-state index >= 15 is 0 Å². The number of halogens is 1. The van der Waals surface area contributed by atoms with Crippen LogP contribution < -0.4 is 5.32 Å². The molecule has 11 heavy (non-hydrogen) atoms. The summed E-state index contributed by atoms with van der Waals surface area (Å²) in [6.07, 6.45) is 1.97. The summed E-state index contributed by atoms with van der Waals surface area (Å²) in [5, 5.41) is 4.61. The number of aliphatic imine (C=N–C) groups is 1. The van der Waals surface area contributed by atoms with E-state index in [0.717, 1.165) is 0 Å². The van der Waals surface area contributed by atoms with Gasteiger partial charge in [0, 0.05) is 0 Å². The van der Waals surface area contributed by atoms with Gasteiger partial charge in [-0.1, -0.05) is 6.08 Å². The number of rotatable bonds is 0. The van der Waals surface area contributed by atoms with Crippen LogP contribution in [0.4, 0.5) is 0 Å². The number of amidine groups is 1. The molecule has 0 aliphatic carbocycles. The number of carbonyl (C=O) groups excluding carboxylic acids is 1. The summed E-state index contributed by atoms with van der Waals surface area (Å²) >= 11 is 3.56. The molecule has 2 atom stereocenters. The highest BCUT2D eigenvalue weighted by molar-refractivity contribution is 14.1. The number of nitrogens with one attached hydrogen (secondary N) is 1. The van der Waals surface area contributed by atoms with Gasteiger partial charge in [-0.25, -0.2) is 0 Å². The Kier molecular flexibility index (Phi) is 1.92. The molecular formula is C6H5IN2OS. The van der Waals surface area contributed by atoms with E-state index in [2.05, 4.69) is 10.3 Å². The summed E-state index contributed by atoms with van der Waals surface area (Å²) in [5.41, 5.74) is 0. The second kappa shape index (κ2) is 2.78. The second-order valence-electron chi connectivity index (χ2n) is 2.28. The van der Waals surface area contributed by atoms with Crippen molar-refractivity contribution in [3.63, 3.8) is 0 Å². The minimum absolute atomic E-state index is 0.0199.